The largest absolute Gasteiger partial charge is 0.359 e. The summed E-state index contributed by atoms with van der Waals surface area (Å²) in [7, 11) is 3.68. The summed E-state index contributed by atoms with van der Waals surface area (Å²) in [5.41, 5.74) is 1.47. The molecular weight excluding hydrogens is 348 g/mol. The van der Waals surface area contributed by atoms with Gasteiger partial charge in [-0.1, -0.05) is 30.3 Å². The number of benzene rings is 1. The summed E-state index contributed by atoms with van der Waals surface area (Å²) in [4.78, 5) is 30.6. The molecule has 2 N–H and O–H groups in total. The lowest BCUT2D eigenvalue weighted by atomic mass is 10.1. The highest BCUT2D eigenvalue weighted by Crippen LogP contribution is 2.25. The van der Waals surface area contributed by atoms with Gasteiger partial charge in [0.25, 0.3) is 5.91 Å². The molecule has 1 aliphatic rings. The molecule has 2 atom stereocenters. The normalized spacial score (nSPS) is 20.1. The molecule has 1 aromatic carbocycles. The molecule has 0 aliphatic carbocycles. The maximum absolute atomic E-state index is 12.4. The molecule has 0 bridgehead atoms. The standard InChI is InChI=1S/C19H24N4O2S/c1-20-17(24)10-14-8-9-15(23(14)2)11-21-18(25)16-12-26-19(22-16)13-6-4-3-5-7-13/h3-7,12,14-15H,8-11H2,1-2H3,(H,20,24)(H,21,25)/t14-,15+/m1/s1. The molecule has 1 saturated heterocycles. The molecular formula is C19H24N4O2S. The molecule has 2 heterocycles. The van der Waals surface area contributed by atoms with Gasteiger partial charge in [0, 0.05) is 43.0 Å². The fourth-order valence-corrected chi connectivity index (χ4v) is 4.10. The number of likely N-dealkylation sites (N-methyl/N-ethyl adjacent to an activating group) is 1. The van der Waals surface area contributed by atoms with E-state index in [2.05, 4.69) is 20.5 Å². The summed E-state index contributed by atoms with van der Waals surface area (Å²) < 4.78 is 0. The number of likely N-dealkylation sites (tertiary alicyclic amines) is 1. The molecule has 0 saturated carbocycles. The smallest absolute Gasteiger partial charge is 0.270 e. The zero-order valence-electron chi connectivity index (χ0n) is 15.1. The number of thiazole rings is 1. The molecule has 7 heteroatoms. The van der Waals surface area contributed by atoms with Gasteiger partial charge in [-0.3, -0.25) is 14.5 Å². The van der Waals surface area contributed by atoms with Gasteiger partial charge in [0.2, 0.25) is 5.91 Å². The first-order valence-corrected chi connectivity index (χ1v) is 9.68. The topological polar surface area (TPSA) is 74.3 Å². The SMILES string of the molecule is CNC(=O)C[C@H]1CC[C@@H](CNC(=O)c2csc(-c3ccccc3)n2)N1C. The van der Waals surface area contributed by atoms with Crippen molar-refractivity contribution in [1.82, 2.24) is 20.5 Å². The van der Waals surface area contributed by atoms with Crippen molar-refractivity contribution in [3.8, 4) is 10.6 Å². The monoisotopic (exact) mass is 372 g/mol. The van der Waals surface area contributed by atoms with Crippen molar-refractivity contribution >= 4 is 23.2 Å². The Morgan fingerprint density at radius 2 is 1.96 bits per heavy atom. The Morgan fingerprint density at radius 1 is 1.23 bits per heavy atom. The Bertz CT molecular complexity index is 762. The van der Waals surface area contributed by atoms with E-state index in [0.29, 0.717) is 18.7 Å². The predicted octanol–water partition coefficient (Wildman–Crippen LogP) is 2.14. The average molecular weight is 372 g/mol. The van der Waals surface area contributed by atoms with Crippen LogP contribution >= 0.6 is 11.3 Å². The van der Waals surface area contributed by atoms with Gasteiger partial charge in [-0.25, -0.2) is 4.98 Å². The molecule has 138 valence electrons. The summed E-state index contributed by atoms with van der Waals surface area (Å²) in [6, 6.07) is 10.3. The van der Waals surface area contributed by atoms with Gasteiger partial charge < -0.3 is 10.6 Å². The minimum Gasteiger partial charge on any atom is -0.359 e. The number of carbonyl (C=O) groups excluding carboxylic acids is 2. The van der Waals surface area contributed by atoms with Crippen molar-refractivity contribution in [3.63, 3.8) is 0 Å². The van der Waals surface area contributed by atoms with E-state index in [-0.39, 0.29) is 23.9 Å². The van der Waals surface area contributed by atoms with Crippen LogP contribution in [-0.2, 0) is 4.79 Å². The van der Waals surface area contributed by atoms with E-state index in [1.807, 2.05) is 37.4 Å². The fraction of sp³-hybridized carbons (Fsp3) is 0.421. The van der Waals surface area contributed by atoms with Crippen LogP contribution < -0.4 is 10.6 Å². The van der Waals surface area contributed by atoms with Crippen molar-refractivity contribution in [2.45, 2.75) is 31.3 Å². The minimum atomic E-state index is -0.147. The summed E-state index contributed by atoms with van der Waals surface area (Å²) in [6.45, 7) is 0.567. The molecule has 1 fully saturated rings. The van der Waals surface area contributed by atoms with Gasteiger partial charge in [0.15, 0.2) is 0 Å². The van der Waals surface area contributed by atoms with E-state index in [1.165, 1.54) is 11.3 Å². The van der Waals surface area contributed by atoms with Gasteiger partial charge >= 0.3 is 0 Å². The number of rotatable bonds is 6. The summed E-state index contributed by atoms with van der Waals surface area (Å²) in [5.74, 6) is -0.0889. The highest BCUT2D eigenvalue weighted by molar-refractivity contribution is 7.13. The van der Waals surface area contributed by atoms with Crippen molar-refractivity contribution in [2.75, 3.05) is 20.6 Å². The lowest BCUT2D eigenvalue weighted by Crippen LogP contribution is -2.42. The number of hydrogen-bond acceptors (Lipinski definition) is 5. The number of amides is 2. The summed E-state index contributed by atoms with van der Waals surface area (Å²) >= 11 is 1.47. The van der Waals surface area contributed by atoms with E-state index in [1.54, 1.807) is 12.4 Å². The van der Waals surface area contributed by atoms with E-state index in [4.69, 9.17) is 0 Å². The molecule has 0 unspecified atom stereocenters. The first-order chi connectivity index (χ1) is 12.6. The van der Waals surface area contributed by atoms with Gasteiger partial charge in [0.1, 0.15) is 10.7 Å². The van der Waals surface area contributed by atoms with Crippen LogP contribution in [0.2, 0.25) is 0 Å². The van der Waals surface area contributed by atoms with E-state index in [9.17, 15) is 9.59 Å². The number of hydrogen-bond donors (Lipinski definition) is 2. The van der Waals surface area contributed by atoms with Crippen LogP contribution in [0.5, 0.6) is 0 Å². The third kappa shape index (κ3) is 4.28. The first kappa shape index (κ1) is 18.5. The van der Waals surface area contributed by atoms with E-state index in [0.717, 1.165) is 23.4 Å². The van der Waals surface area contributed by atoms with Crippen LogP contribution in [0.3, 0.4) is 0 Å². The molecule has 3 rings (SSSR count). The van der Waals surface area contributed by atoms with E-state index >= 15 is 0 Å². The number of aromatic nitrogens is 1. The van der Waals surface area contributed by atoms with Crippen molar-refractivity contribution in [2.24, 2.45) is 0 Å². The van der Waals surface area contributed by atoms with Gasteiger partial charge in [-0.2, -0.15) is 0 Å². The maximum atomic E-state index is 12.4. The van der Waals surface area contributed by atoms with Gasteiger partial charge in [-0.05, 0) is 19.9 Å². The predicted molar refractivity (Wildman–Crippen MR) is 103 cm³/mol. The van der Waals surface area contributed by atoms with Gasteiger partial charge in [-0.15, -0.1) is 11.3 Å². The Morgan fingerprint density at radius 3 is 2.69 bits per heavy atom. The molecule has 1 aliphatic heterocycles. The highest BCUT2D eigenvalue weighted by atomic mass is 32.1. The molecule has 2 amide bonds. The van der Waals surface area contributed by atoms with Crippen LogP contribution in [0.25, 0.3) is 10.6 Å². The second-order valence-corrected chi connectivity index (χ2v) is 7.40. The van der Waals surface area contributed by atoms with Crippen LogP contribution in [0.15, 0.2) is 35.7 Å². The van der Waals surface area contributed by atoms with Crippen molar-refractivity contribution < 1.29 is 9.59 Å². The molecule has 2 aromatic rings. The number of nitrogens with zero attached hydrogens (tertiary/aromatic N) is 2. The third-order valence-electron chi connectivity index (χ3n) is 4.94. The zero-order chi connectivity index (χ0) is 18.5. The lowest BCUT2D eigenvalue weighted by molar-refractivity contribution is -0.121. The summed E-state index contributed by atoms with van der Waals surface area (Å²) in [5, 5.41) is 8.30. The molecule has 6 nitrogen and oxygen atoms in total. The Balaban J connectivity index is 1.53. The minimum absolute atomic E-state index is 0.0578. The Kier molecular flexibility index (Phi) is 6.00. The first-order valence-electron chi connectivity index (χ1n) is 8.80. The number of nitrogens with one attached hydrogen (secondary N) is 2. The second-order valence-electron chi connectivity index (χ2n) is 6.54. The quantitative estimate of drug-likeness (QED) is 0.815. The van der Waals surface area contributed by atoms with Crippen LogP contribution in [-0.4, -0.2) is 54.4 Å². The Hall–Kier alpha value is -2.25. The Labute approximate surface area is 157 Å². The molecule has 26 heavy (non-hydrogen) atoms. The van der Waals surface area contributed by atoms with Crippen LogP contribution in [0.4, 0.5) is 0 Å². The maximum Gasteiger partial charge on any atom is 0.270 e. The number of carbonyl (C=O) groups is 2. The van der Waals surface area contributed by atoms with Gasteiger partial charge in [0.05, 0.1) is 0 Å². The fourth-order valence-electron chi connectivity index (χ4n) is 3.29. The third-order valence-corrected chi connectivity index (χ3v) is 5.83. The van der Waals surface area contributed by atoms with Crippen molar-refractivity contribution in [3.05, 3.63) is 41.4 Å². The molecule has 0 radical (unpaired) electrons. The molecule has 1 aromatic heterocycles. The highest BCUT2D eigenvalue weighted by Gasteiger charge is 2.31. The average Bonchev–Trinajstić information content (AvgIpc) is 3.29. The lowest BCUT2D eigenvalue weighted by Gasteiger charge is -2.25. The zero-order valence-corrected chi connectivity index (χ0v) is 15.9. The van der Waals surface area contributed by atoms with Crippen molar-refractivity contribution in [1.29, 1.82) is 0 Å². The molecule has 0 spiro atoms. The summed E-state index contributed by atoms with van der Waals surface area (Å²) in [6.07, 6.45) is 2.45. The van der Waals surface area contributed by atoms with Crippen LogP contribution in [0, 0.1) is 0 Å². The van der Waals surface area contributed by atoms with Crippen LogP contribution in [0.1, 0.15) is 29.8 Å². The van der Waals surface area contributed by atoms with E-state index < -0.39 is 0 Å². The second kappa shape index (κ2) is 8.42.